The van der Waals surface area contributed by atoms with Crippen molar-refractivity contribution < 1.29 is 18.9 Å². The number of ether oxygens (including phenoxy) is 4. The van der Waals surface area contributed by atoms with E-state index < -0.39 is 5.41 Å². The Morgan fingerprint density at radius 1 is 0.743 bits per heavy atom. The van der Waals surface area contributed by atoms with Crippen LogP contribution < -0.4 is 9.47 Å². The van der Waals surface area contributed by atoms with Gasteiger partial charge in [0.2, 0.25) is 0 Å². The van der Waals surface area contributed by atoms with Crippen molar-refractivity contribution in [1.82, 2.24) is 0 Å². The molecular weight excluding hydrogens is 436 g/mol. The molecule has 0 saturated carbocycles. The highest BCUT2D eigenvalue weighted by molar-refractivity contribution is 5.91. The number of hydrogen-bond acceptors (Lipinski definition) is 4. The Kier molecular flexibility index (Phi) is 5.56. The first-order chi connectivity index (χ1) is 17.2. The highest BCUT2D eigenvalue weighted by atomic mass is 16.6. The summed E-state index contributed by atoms with van der Waals surface area (Å²) >= 11 is 0. The monoisotopic (exact) mass is 464 g/mol. The lowest BCUT2D eigenvalue weighted by atomic mass is 9.67. The van der Waals surface area contributed by atoms with E-state index in [0.717, 1.165) is 47.0 Å². The van der Waals surface area contributed by atoms with Crippen molar-refractivity contribution in [2.75, 3.05) is 26.4 Å². The fraction of sp³-hybridized carbons (Fsp3) is 0.226. The fourth-order valence-corrected chi connectivity index (χ4v) is 5.12. The molecule has 2 saturated heterocycles. The predicted octanol–water partition coefficient (Wildman–Crippen LogP) is 5.72. The Balaban J connectivity index is 1.47. The van der Waals surface area contributed by atoms with Crippen molar-refractivity contribution in [2.45, 2.75) is 17.6 Å². The van der Waals surface area contributed by atoms with Crippen LogP contribution in [-0.2, 0) is 14.9 Å². The Hall–Kier alpha value is -3.60. The van der Waals surface area contributed by atoms with E-state index >= 15 is 0 Å². The van der Waals surface area contributed by atoms with Gasteiger partial charge in [0.15, 0.2) is 0 Å². The smallest absolute Gasteiger partial charge is 0.119 e. The van der Waals surface area contributed by atoms with Gasteiger partial charge in [-0.2, -0.15) is 0 Å². The second kappa shape index (κ2) is 8.88. The zero-order chi connectivity index (χ0) is 23.8. The average Bonchev–Trinajstić information content (AvgIpc) is 3.84. The van der Waals surface area contributed by atoms with Crippen molar-refractivity contribution in [3.8, 4) is 11.5 Å². The van der Waals surface area contributed by atoms with E-state index in [-0.39, 0.29) is 12.2 Å². The lowest BCUT2D eigenvalue weighted by Gasteiger charge is -2.35. The molecule has 6 rings (SSSR count). The molecule has 3 aromatic carbocycles. The molecule has 2 heterocycles. The molecule has 3 aromatic rings. The van der Waals surface area contributed by atoms with E-state index in [1.807, 2.05) is 36.4 Å². The molecule has 2 fully saturated rings. The van der Waals surface area contributed by atoms with Gasteiger partial charge in [-0.05, 0) is 57.7 Å². The molecule has 4 nitrogen and oxygen atoms in total. The standard InChI is InChI=1S/C31H28O4/c1-3-27-28-7-5-6-8-30(28)31(29(27)4-2,21-9-13-23(14-10-21)32-17-25-19-34-25)22-11-15-24(16-12-22)33-18-26-20-35-26/h3-16,25-26H,1-2,17-20H2. The summed E-state index contributed by atoms with van der Waals surface area (Å²) in [6.07, 6.45) is 4.36. The van der Waals surface area contributed by atoms with E-state index in [4.69, 9.17) is 18.9 Å². The topological polar surface area (TPSA) is 43.5 Å². The summed E-state index contributed by atoms with van der Waals surface area (Å²) in [6, 6.07) is 25.3. The minimum absolute atomic E-state index is 0.223. The van der Waals surface area contributed by atoms with Crippen molar-refractivity contribution >= 4 is 5.57 Å². The predicted molar refractivity (Wildman–Crippen MR) is 137 cm³/mol. The number of benzene rings is 3. The summed E-state index contributed by atoms with van der Waals surface area (Å²) in [5, 5.41) is 0. The fourth-order valence-electron chi connectivity index (χ4n) is 5.12. The van der Waals surface area contributed by atoms with Gasteiger partial charge in [-0.3, -0.25) is 0 Å². The summed E-state index contributed by atoms with van der Waals surface area (Å²) in [5.41, 5.74) is 6.37. The summed E-state index contributed by atoms with van der Waals surface area (Å²) in [6.45, 7) is 11.1. The lowest BCUT2D eigenvalue weighted by molar-refractivity contribution is 0.263. The van der Waals surface area contributed by atoms with Crippen LogP contribution in [-0.4, -0.2) is 38.6 Å². The Morgan fingerprint density at radius 2 is 1.26 bits per heavy atom. The van der Waals surface area contributed by atoms with Crippen LogP contribution in [0, 0.1) is 0 Å². The van der Waals surface area contributed by atoms with Crippen molar-refractivity contribution in [3.05, 3.63) is 126 Å². The third-order valence-corrected chi connectivity index (χ3v) is 6.97. The van der Waals surface area contributed by atoms with Gasteiger partial charge < -0.3 is 18.9 Å². The van der Waals surface area contributed by atoms with Gasteiger partial charge in [0, 0.05) is 0 Å². The number of hydrogen-bond donors (Lipinski definition) is 0. The second-order valence-corrected chi connectivity index (χ2v) is 9.11. The molecule has 0 bridgehead atoms. The SMILES string of the molecule is C=CC1=C(C=C)C(c2ccc(OCC3CO3)cc2)(c2ccc(OCC3CO3)cc2)c2ccccc21. The molecule has 3 aliphatic rings. The van der Waals surface area contributed by atoms with Crippen molar-refractivity contribution in [3.63, 3.8) is 0 Å². The zero-order valence-corrected chi connectivity index (χ0v) is 19.6. The highest BCUT2D eigenvalue weighted by Gasteiger charge is 2.46. The third-order valence-electron chi connectivity index (χ3n) is 6.97. The summed E-state index contributed by atoms with van der Waals surface area (Å²) in [4.78, 5) is 0. The van der Waals surface area contributed by atoms with Crippen LogP contribution >= 0.6 is 0 Å². The van der Waals surface area contributed by atoms with Gasteiger partial charge in [0.25, 0.3) is 0 Å². The van der Waals surface area contributed by atoms with Crippen molar-refractivity contribution in [2.24, 2.45) is 0 Å². The van der Waals surface area contributed by atoms with E-state index in [1.165, 1.54) is 11.1 Å². The van der Waals surface area contributed by atoms with E-state index in [1.54, 1.807) is 0 Å². The third kappa shape index (κ3) is 3.89. The molecule has 0 aromatic heterocycles. The lowest BCUT2D eigenvalue weighted by Crippen LogP contribution is -2.29. The maximum atomic E-state index is 5.92. The van der Waals surface area contributed by atoms with Crippen LogP contribution in [0.3, 0.4) is 0 Å². The van der Waals surface area contributed by atoms with Crippen molar-refractivity contribution in [1.29, 1.82) is 0 Å². The molecule has 0 radical (unpaired) electrons. The molecule has 0 amide bonds. The molecule has 2 atom stereocenters. The van der Waals surface area contributed by atoms with E-state index in [9.17, 15) is 0 Å². The van der Waals surface area contributed by atoms with Crippen LogP contribution in [0.2, 0.25) is 0 Å². The Morgan fingerprint density at radius 3 is 1.71 bits per heavy atom. The molecule has 2 unspecified atom stereocenters. The zero-order valence-electron chi connectivity index (χ0n) is 19.6. The number of fused-ring (bicyclic) bond motifs is 1. The maximum Gasteiger partial charge on any atom is 0.119 e. The van der Waals surface area contributed by atoms with Crippen LogP contribution in [0.15, 0.2) is 104 Å². The quantitative estimate of drug-likeness (QED) is 0.360. The summed E-state index contributed by atoms with van der Waals surface area (Å²) in [7, 11) is 0. The molecule has 0 N–H and O–H groups in total. The molecule has 35 heavy (non-hydrogen) atoms. The first-order valence-electron chi connectivity index (χ1n) is 12.0. The van der Waals surface area contributed by atoms with Gasteiger partial charge in [-0.25, -0.2) is 0 Å². The minimum Gasteiger partial charge on any atom is -0.491 e. The van der Waals surface area contributed by atoms with E-state index in [2.05, 4.69) is 61.7 Å². The van der Waals surface area contributed by atoms with Crippen LogP contribution in [0.5, 0.6) is 11.5 Å². The second-order valence-electron chi connectivity index (χ2n) is 9.11. The first-order valence-corrected chi connectivity index (χ1v) is 12.0. The average molecular weight is 465 g/mol. The Labute approximate surface area is 206 Å². The molecule has 2 aliphatic heterocycles. The molecular formula is C31H28O4. The normalized spacial score (nSPS) is 24.0. The molecule has 4 heteroatoms. The minimum atomic E-state index is -0.530. The number of rotatable bonds is 10. The molecule has 0 spiro atoms. The van der Waals surface area contributed by atoms with Crippen LogP contribution in [0.1, 0.15) is 22.3 Å². The summed E-state index contributed by atoms with van der Waals surface area (Å²) in [5.74, 6) is 1.68. The first kappa shape index (κ1) is 21.9. The highest BCUT2D eigenvalue weighted by Crippen LogP contribution is 2.55. The van der Waals surface area contributed by atoms with Crippen LogP contribution in [0.4, 0.5) is 0 Å². The largest absolute Gasteiger partial charge is 0.491 e. The van der Waals surface area contributed by atoms with Gasteiger partial charge in [-0.15, -0.1) is 0 Å². The van der Waals surface area contributed by atoms with E-state index in [0.29, 0.717) is 13.2 Å². The Bertz CT molecular complexity index is 1220. The molecule has 1 aliphatic carbocycles. The maximum absolute atomic E-state index is 5.92. The van der Waals surface area contributed by atoms with Gasteiger partial charge in [-0.1, -0.05) is 73.8 Å². The van der Waals surface area contributed by atoms with Crippen LogP contribution in [0.25, 0.3) is 5.57 Å². The summed E-state index contributed by atoms with van der Waals surface area (Å²) < 4.78 is 22.4. The van der Waals surface area contributed by atoms with Gasteiger partial charge >= 0.3 is 0 Å². The van der Waals surface area contributed by atoms with Gasteiger partial charge in [0.05, 0.1) is 18.6 Å². The van der Waals surface area contributed by atoms with Gasteiger partial charge in [0.1, 0.15) is 36.9 Å². The number of allylic oxidation sites excluding steroid dienone is 4. The number of epoxide rings is 2. The molecule has 176 valence electrons.